The monoisotopic (exact) mass is 402 g/mol. The summed E-state index contributed by atoms with van der Waals surface area (Å²) in [4.78, 5) is 12.6. The van der Waals surface area contributed by atoms with Gasteiger partial charge in [-0.05, 0) is 54.8 Å². The minimum Gasteiger partial charge on any atom is -0.489 e. The highest BCUT2D eigenvalue weighted by Gasteiger charge is 2.16. The summed E-state index contributed by atoms with van der Waals surface area (Å²) < 4.78 is 13.2. The topological polar surface area (TPSA) is 89.2 Å². The molecule has 1 unspecified atom stereocenters. The van der Waals surface area contributed by atoms with Crippen LogP contribution in [0.5, 0.6) is 5.75 Å². The number of hydrogen-bond acceptors (Lipinski definition) is 5. The molecule has 1 aliphatic heterocycles. The molecule has 7 nitrogen and oxygen atoms in total. The number of anilines is 1. The van der Waals surface area contributed by atoms with Crippen molar-refractivity contribution in [2.75, 3.05) is 11.9 Å². The number of hydrogen-bond donors (Lipinski definition) is 1. The zero-order chi connectivity index (χ0) is 20.8. The van der Waals surface area contributed by atoms with E-state index in [1.807, 2.05) is 18.3 Å². The van der Waals surface area contributed by atoms with E-state index in [2.05, 4.69) is 16.5 Å². The summed E-state index contributed by atoms with van der Waals surface area (Å²) >= 11 is 0. The van der Waals surface area contributed by atoms with E-state index in [1.54, 1.807) is 47.3 Å². The Balaban J connectivity index is 1.34. The lowest BCUT2D eigenvalue weighted by Gasteiger charge is -2.09. The zero-order valence-electron chi connectivity index (χ0n) is 16.5. The predicted molar refractivity (Wildman–Crippen MR) is 111 cm³/mol. The number of benzene rings is 2. The molecule has 30 heavy (non-hydrogen) atoms. The normalized spacial score (nSPS) is 15.5. The van der Waals surface area contributed by atoms with E-state index in [-0.39, 0.29) is 12.0 Å². The maximum absolute atomic E-state index is 12.6. The highest BCUT2D eigenvalue weighted by Crippen LogP contribution is 2.17. The highest BCUT2D eigenvalue weighted by atomic mass is 16.5. The third kappa shape index (κ3) is 5.04. The maximum atomic E-state index is 12.6. The molecule has 2 aromatic carbocycles. The molecule has 1 saturated heterocycles. The van der Waals surface area contributed by atoms with Crippen LogP contribution in [0.4, 0.5) is 5.69 Å². The van der Waals surface area contributed by atoms with Gasteiger partial charge in [-0.25, -0.2) is 0 Å². The van der Waals surface area contributed by atoms with Crippen molar-refractivity contribution >= 4 is 11.6 Å². The van der Waals surface area contributed by atoms with Crippen LogP contribution >= 0.6 is 0 Å². The van der Waals surface area contributed by atoms with E-state index >= 15 is 0 Å². The van der Waals surface area contributed by atoms with Crippen LogP contribution in [0.1, 0.15) is 34.3 Å². The van der Waals surface area contributed by atoms with Gasteiger partial charge in [-0.2, -0.15) is 10.4 Å². The number of amides is 1. The lowest BCUT2D eigenvalue weighted by molar-refractivity contribution is 0.0940. The Morgan fingerprint density at radius 1 is 1.30 bits per heavy atom. The van der Waals surface area contributed by atoms with Gasteiger partial charge in [0.25, 0.3) is 5.91 Å². The van der Waals surface area contributed by atoms with Crippen molar-refractivity contribution in [2.24, 2.45) is 0 Å². The number of carbonyl (C=O) groups excluding carboxylic acids is 1. The van der Waals surface area contributed by atoms with E-state index in [1.165, 1.54) is 0 Å². The molecular formula is C23H22N4O3. The Hall–Kier alpha value is -3.63. The first kappa shape index (κ1) is 19.7. The molecule has 3 aromatic rings. The van der Waals surface area contributed by atoms with Crippen molar-refractivity contribution in [2.45, 2.75) is 32.1 Å². The molecule has 152 valence electrons. The quantitative estimate of drug-likeness (QED) is 0.650. The molecule has 4 rings (SSSR count). The first-order valence-electron chi connectivity index (χ1n) is 9.87. The number of nitriles is 1. The Morgan fingerprint density at radius 2 is 2.17 bits per heavy atom. The van der Waals surface area contributed by atoms with Crippen molar-refractivity contribution in [1.82, 2.24) is 9.78 Å². The van der Waals surface area contributed by atoms with E-state index in [0.29, 0.717) is 35.7 Å². The van der Waals surface area contributed by atoms with Gasteiger partial charge in [0.1, 0.15) is 12.4 Å². The smallest absolute Gasteiger partial charge is 0.255 e. The lowest BCUT2D eigenvalue weighted by Crippen LogP contribution is -2.15. The number of ether oxygens (including phenoxy) is 2. The summed E-state index contributed by atoms with van der Waals surface area (Å²) in [7, 11) is 0. The van der Waals surface area contributed by atoms with E-state index in [0.717, 1.165) is 25.0 Å². The fourth-order valence-corrected chi connectivity index (χ4v) is 3.32. The summed E-state index contributed by atoms with van der Waals surface area (Å²) in [5, 5.41) is 16.0. The molecule has 1 aromatic heterocycles. The maximum Gasteiger partial charge on any atom is 0.255 e. The van der Waals surface area contributed by atoms with Gasteiger partial charge in [0.05, 0.1) is 36.2 Å². The minimum atomic E-state index is -0.202. The van der Waals surface area contributed by atoms with Crippen LogP contribution in [0.3, 0.4) is 0 Å². The summed E-state index contributed by atoms with van der Waals surface area (Å²) in [6.07, 6.45) is 5.78. The second-order valence-electron chi connectivity index (χ2n) is 7.17. The molecule has 0 bridgehead atoms. The van der Waals surface area contributed by atoms with Gasteiger partial charge < -0.3 is 14.8 Å². The lowest BCUT2D eigenvalue weighted by atomic mass is 10.1. The SMILES string of the molecule is N#Cc1ccc(OCc2cccc(C(=O)Nc3cnn(CC4CCCO4)c3)c2)cc1. The van der Waals surface area contributed by atoms with Crippen molar-refractivity contribution < 1.29 is 14.3 Å². The minimum absolute atomic E-state index is 0.196. The fraction of sp³-hybridized carbons (Fsp3) is 0.261. The predicted octanol–water partition coefficient (Wildman–Crippen LogP) is 3.77. The van der Waals surface area contributed by atoms with Crippen LogP contribution in [0.15, 0.2) is 60.9 Å². The molecule has 0 aliphatic carbocycles. The highest BCUT2D eigenvalue weighted by molar-refractivity contribution is 6.04. The average molecular weight is 402 g/mol. The summed E-state index contributed by atoms with van der Waals surface area (Å²) in [5.74, 6) is 0.467. The Kier molecular flexibility index (Phi) is 6.06. The second-order valence-corrected chi connectivity index (χ2v) is 7.17. The van der Waals surface area contributed by atoms with Gasteiger partial charge in [0.2, 0.25) is 0 Å². The molecule has 0 radical (unpaired) electrons. The Morgan fingerprint density at radius 3 is 2.93 bits per heavy atom. The number of nitrogens with one attached hydrogen (secondary N) is 1. The average Bonchev–Trinajstić information content (AvgIpc) is 3.45. The Bertz CT molecular complexity index is 1050. The molecule has 0 spiro atoms. The molecule has 7 heteroatoms. The van der Waals surface area contributed by atoms with Crippen molar-refractivity contribution in [3.8, 4) is 11.8 Å². The summed E-state index contributed by atoms with van der Waals surface area (Å²) in [5.41, 5.74) is 2.65. The first-order valence-corrected chi connectivity index (χ1v) is 9.87. The number of carbonyl (C=O) groups is 1. The molecule has 0 saturated carbocycles. The molecule has 1 aliphatic rings. The van der Waals surface area contributed by atoms with Crippen molar-refractivity contribution in [3.05, 3.63) is 77.6 Å². The fourth-order valence-electron chi connectivity index (χ4n) is 3.32. The van der Waals surface area contributed by atoms with Crippen LogP contribution < -0.4 is 10.1 Å². The van der Waals surface area contributed by atoms with E-state index in [4.69, 9.17) is 14.7 Å². The third-order valence-corrected chi connectivity index (χ3v) is 4.88. The summed E-state index contributed by atoms with van der Waals surface area (Å²) in [6, 6.07) is 16.3. The standard InChI is InChI=1S/C23H22N4O3/c24-12-17-6-8-21(9-7-17)30-16-18-3-1-4-19(11-18)23(28)26-20-13-25-27(14-20)15-22-5-2-10-29-22/h1,3-4,6-9,11,13-14,22H,2,5,10,15-16H2,(H,26,28). The van der Waals surface area contributed by atoms with Gasteiger partial charge >= 0.3 is 0 Å². The van der Waals surface area contributed by atoms with Crippen LogP contribution in [0.25, 0.3) is 0 Å². The molecule has 1 fully saturated rings. The van der Waals surface area contributed by atoms with Crippen molar-refractivity contribution in [3.63, 3.8) is 0 Å². The number of aromatic nitrogens is 2. The first-order chi connectivity index (χ1) is 14.7. The second kappa shape index (κ2) is 9.25. The molecule has 1 atom stereocenters. The van der Waals surface area contributed by atoms with Crippen molar-refractivity contribution in [1.29, 1.82) is 5.26 Å². The van der Waals surface area contributed by atoms with Gasteiger partial charge in [-0.3, -0.25) is 9.48 Å². The van der Waals surface area contributed by atoms with Gasteiger partial charge in [-0.1, -0.05) is 12.1 Å². The third-order valence-electron chi connectivity index (χ3n) is 4.88. The van der Waals surface area contributed by atoms with Crippen LogP contribution in [-0.4, -0.2) is 28.4 Å². The van der Waals surface area contributed by atoms with Crippen LogP contribution in [0, 0.1) is 11.3 Å². The zero-order valence-corrected chi connectivity index (χ0v) is 16.5. The Labute approximate surface area is 174 Å². The van der Waals surface area contributed by atoms with Gasteiger partial charge in [0.15, 0.2) is 0 Å². The number of rotatable bonds is 7. The van der Waals surface area contributed by atoms with Gasteiger partial charge in [-0.15, -0.1) is 0 Å². The van der Waals surface area contributed by atoms with Crippen LogP contribution in [0.2, 0.25) is 0 Å². The molecule has 2 heterocycles. The van der Waals surface area contributed by atoms with E-state index < -0.39 is 0 Å². The van der Waals surface area contributed by atoms with Crippen LogP contribution in [-0.2, 0) is 17.9 Å². The molecular weight excluding hydrogens is 380 g/mol. The summed E-state index contributed by atoms with van der Waals surface area (Å²) in [6.45, 7) is 1.82. The number of nitrogens with zero attached hydrogens (tertiary/aromatic N) is 3. The van der Waals surface area contributed by atoms with E-state index in [9.17, 15) is 4.79 Å². The van der Waals surface area contributed by atoms with Gasteiger partial charge in [0, 0.05) is 18.4 Å². The molecule has 1 N–H and O–H groups in total. The molecule has 1 amide bonds. The largest absolute Gasteiger partial charge is 0.489 e.